The summed E-state index contributed by atoms with van der Waals surface area (Å²) in [5, 5.41) is 0. The van der Waals surface area contributed by atoms with E-state index in [0.29, 0.717) is 6.92 Å². The third-order valence-corrected chi connectivity index (χ3v) is 4.49. The molecule has 0 unspecified atom stereocenters. The van der Waals surface area contributed by atoms with E-state index in [1.165, 1.54) is 44.3 Å². The van der Waals surface area contributed by atoms with Crippen molar-refractivity contribution >= 4 is 6.92 Å². The first-order valence-corrected chi connectivity index (χ1v) is 7.36. The summed E-state index contributed by atoms with van der Waals surface area (Å²) in [4.78, 5) is 0. The van der Waals surface area contributed by atoms with Gasteiger partial charge in [-0.1, -0.05) is 65.4 Å². The summed E-state index contributed by atoms with van der Waals surface area (Å²) in [5.41, 5.74) is 0.153. The van der Waals surface area contributed by atoms with Gasteiger partial charge in [0.15, 0.2) is 0 Å². The number of fused-ring (bicyclic) bond motifs is 2. The molecule has 0 aliphatic carbocycles. The highest BCUT2D eigenvalue weighted by Crippen LogP contribution is 2.48. The molecule has 2 heterocycles. The molecule has 2 heteroatoms. The van der Waals surface area contributed by atoms with Gasteiger partial charge in [0, 0.05) is 5.41 Å². The molecule has 0 spiro atoms. The summed E-state index contributed by atoms with van der Waals surface area (Å²) >= 11 is 0. The first kappa shape index (κ1) is 13.0. The summed E-state index contributed by atoms with van der Waals surface area (Å²) < 4.78 is 6.43. The molecule has 0 aromatic carbocycles. The average Bonchev–Trinajstić information content (AvgIpc) is 2.23. The van der Waals surface area contributed by atoms with Crippen molar-refractivity contribution in [3.8, 4) is 0 Å². The number of allylic oxidation sites excluding steroid dienone is 2. The van der Waals surface area contributed by atoms with Crippen molar-refractivity contribution in [3.05, 3.63) is 11.8 Å². The molecule has 2 fully saturated rings. The molecule has 0 N–H and O–H groups in total. The summed E-state index contributed by atoms with van der Waals surface area (Å²) in [5.74, 6) is 2.86. The van der Waals surface area contributed by atoms with Gasteiger partial charge >= 0.3 is 6.92 Å². The summed E-state index contributed by atoms with van der Waals surface area (Å²) in [6.07, 6.45) is 10.6. The molecule has 0 radical (unpaired) electrons. The molecule has 2 aliphatic heterocycles. The lowest BCUT2D eigenvalue weighted by atomic mass is 9.38. The van der Waals surface area contributed by atoms with Gasteiger partial charge in [0.1, 0.15) is 0 Å². The molecular formula is C15H27BO. The minimum absolute atomic E-state index is 0.153. The van der Waals surface area contributed by atoms with Crippen LogP contribution >= 0.6 is 0 Å². The number of rotatable bonds is 2. The topological polar surface area (TPSA) is 9.23 Å². The van der Waals surface area contributed by atoms with Crippen LogP contribution in [0.25, 0.3) is 0 Å². The number of hydrogen-bond acceptors (Lipinski definition) is 1. The Balaban J connectivity index is 2.07. The zero-order valence-electron chi connectivity index (χ0n) is 12.0. The highest BCUT2D eigenvalue weighted by atomic mass is 16.4. The SMILES string of the molecule is C/C=C(\OB1C2CCCC1CCC2)C(C)(C)C. The zero-order chi connectivity index (χ0) is 12.5. The minimum atomic E-state index is 0.153. The van der Waals surface area contributed by atoms with Gasteiger partial charge in [0.05, 0.1) is 5.76 Å². The normalized spacial score (nSPS) is 30.4. The fraction of sp³-hybridized carbons (Fsp3) is 0.867. The van der Waals surface area contributed by atoms with Gasteiger partial charge < -0.3 is 4.65 Å². The molecule has 0 aromatic heterocycles. The second kappa shape index (κ2) is 5.08. The second-order valence-corrected chi connectivity index (χ2v) is 6.87. The van der Waals surface area contributed by atoms with Gasteiger partial charge in [-0.15, -0.1) is 0 Å². The van der Waals surface area contributed by atoms with E-state index < -0.39 is 0 Å². The molecule has 2 aliphatic rings. The van der Waals surface area contributed by atoms with E-state index in [1.807, 2.05) is 0 Å². The van der Waals surface area contributed by atoms with Crippen LogP contribution in [0.15, 0.2) is 11.8 Å². The first-order chi connectivity index (χ1) is 8.02. The Bertz CT molecular complexity index is 268. The van der Waals surface area contributed by atoms with Gasteiger partial charge in [0.25, 0.3) is 0 Å². The van der Waals surface area contributed by atoms with Crippen molar-refractivity contribution in [2.45, 2.75) is 77.9 Å². The van der Waals surface area contributed by atoms with E-state index in [0.717, 1.165) is 11.6 Å². The highest BCUT2D eigenvalue weighted by molar-refractivity contribution is 6.56. The molecule has 0 amide bonds. The Hall–Kier alpha value is -0.395. The van der Waals surface area contributed by atoms with Crippen LogP contribution in [0, 0.1) is 5.41 Å². The minimum Gasteiger partial charge on any atom is -0.563 e. The third kappa shape index (κ3) is 2.89. The average molecular weight is 234 g/mol. The van der Waals surface area contributed by atoms with Crippen molar-refractivity contribution < 1.29 is 4.65 Å². The van der Waals surface area contributed by atoms with Crippen LogP contribution < -0.4 is 0 Å². The molecule has 17 heavy (non-hydrogen) atoms. The Kier molecular flexibility index (Phi) is 3.90. The summed E-state index contributed by atoms with van der Waals surface area (Å²) in [6, 6.07) is 0. The quantitative estimate of drug-likeness (QED) is 0.479. The van der Waals surface area contributed by atoms with Crippen LogP contribution in [-0.2, 0) is 4.65 Å². The molecule has 96 valence electrons. The van der Waals surface area contributed by atoms with Crippen LogP contribution in [0.3, 0.4) is 0 Å². The van der Waals surface area contributed by atoms with E-state index in [2.05, 4.69) is 33.8 Å². The lowest BCUT2D eigenvalue weighted by Crippen LogP contribution is -2.38. The van der Waals surface area contributed by atoms with Crippen molar-refractivity contribution in [1.82, 2.24) is 0 Å². The van der Waals surface area contributed by atoms with Gasteiger partial charge in [-0.25, -0.2) is 0 Å². The second-order valence-electron chi connectivity index (χ2n) is 6.87. The molecule has 0 aromatic rings. The fourth-order valence-electron chi connectivity index (χ4n) is 3.63. The summed E-state index contributed by atoms with van der Waals surface area (Å²) in [6.45, 7) is 9.38. The van der Waals surface area contributed by atoms with Crippen LogP contribution in [-0.4, -0.2) is 6.92 Å². The maximum absolute atomic E-state index is 6.43. The predicted octanol–water partition coefficient (Wildman–Crippen LogP) is 5.05. The largest absolute Gasteiger partial charge is 0.563 e. The monoisotopic (exact) mass is 234 g/mol. The van der Waals surface area contributed by atoms with E-state index >= 15 is 0 Å². The Labute approximate surface area is 107 Å². The Morgan fingerprint density at radius 2 is 1.53 bits per heavy atom. The smallest absolute Gasteiger partial charge is 0.363 e. The molecular weight excluding hydrogens is 207 g/mol. The van der Waals surface area contributed by atoms with Gasteiger partial charge in [-0.3, -0.25) is 0 Å². The van der Waals surface area contributed by atoms with Crippen LogP contribution in [0.5, 0.6) is 0 Å². The predicted molar refractivity (Wildman–Crippen MR) is 75.3 cm³/mol. The molecule has 0 saturated carbocycles. The standard InChI is InChI=1S/C15H27BO/c1-5-14(15(2,3)4)17-16-12-8-6-9-13(16)11-7-10-12/h5,12-13H,6-11H2,1-4H3/b14-5-. The van der Waals surface area contributed by atoms with E-state index in [4.69, 9.17) is 4.65 Å². The van der Waals surface area contributed by atoms with Gasteiger partial charge in [-0.2, -0.15) is 0 Å². The molecule has 2 bridgehead atoms. The van der Waals surface area contributed by atoms with E-state index in [-0.39, 0.29) is 5.41 Å². The zero-order valence-corrected chi connectivity index (χ0v) is 12.0. The lowest BCUT2D eigenvalue weighted by molar-refractivity contribution is 0.260. The maximum atomic E-state index is 6.43. The summed E-state index contributed by atoms with van der Waals surface area (Å²) in [7, 11) is 0. The van der Waals surface area contributed by atoms with Gasteiger partial charge in [0.2, 0.25) is 0 Å². The fourth-order valence-corrected chi connectivity index (χ4v) is 3.63. The van der Waals surface area contributed by atoms with Gasteiger partial charge in [-0.05, 0) is 18.6 Å². The van der Waals surface area contributed by atoms with E-state index in [1.54, 1.807) is 0 Å². The first-order valence-electron chi connectivity index (χ1n) is 7.36. The van der Waals surface area contributed by atoms with Crippen molar-refractivity contribution in [2.75, 3.05) is 0 Å². The molecule has 0 atom stereocenters. The van der Waals surface area contributed by atoms with Crippen LogP contribution in [0.1, 0.15) is 66.2 Å². The lowest BCUT2D eigenvalue weighted by Gasteiger charge is -2.41. The van der Waals surface area contributed by atoms with Crippen LogP contribution in [0.2, 0.25) is 11.6 Å². The van der Waals surface area contributed by atoms with Crippen molar-refractivity contribution in [3.63, 3.8) is 0 Å². The highest BCUT2D eigenvalue weighted by Gasteiger charge is 2.43. The molecule has 1 nitrogen and oxygen atoms in total. The molecule has 2 saturated heterocycles. The van der Waals surface area contributed by atoms with Crippen LogP contribution in [0.4, 0.5) is 0 Å². The third-order valence-electron chi connectivity index (χ3n) is 4.49. The Morgan fingerprint density at radius 3 is 1.88 bits per heavy atom. The maximum Gasteiger partial charge on any atom is 0.363 e. The van der Waals surface area contributed by atoms with E-state index in [9.17, 15) is 0 Å². The van der Waals surface area contributed by atoms with Crippen molar-refractivity contribution in [1.29, 1.82) is 0 Å². The molecule has 2 rings (SSSR count). The number of hydrogen-bond donors (Lipinski definition) is 0. The Morgan fingerprint density at radius 1 is 1.06 bits per heavy atom. The van der Waals surface area contributed by atoms with Crippen molar-refractivity contribution in [2.24, 2.45) is 5.41 Å².